The molecule has 0 aromatic carbocycles. The molecule has 2 aliphatic rings. The van der Waals surface area contributed by atoms with Crippen LogP contribution in [0.2, 0.25) is 0 Å². The lowest BCUT2D eigenvalue weighted by Gasteiger charge is -2.26. The third-order valence-corrected chi connectivity index (χ3v) is 3.30. The summed E-state index contributed by atoms with van der Waals surface area (Å²) in [4.78, 5) is 25.9. The van der Waals surface area contributed by atoms with E-state index < -0.39 is 0 Å². The van der Waals surface area contributed by atoms with Gasteiger partial charge in [-0.25, -0.2) is 0 Å². The van der Waals surface area contributed by atoms with Gasteiger partial charge in [0.25, 0.3) is 0 Å². The molecule has 2 amide bonds. The van der Waals surface area contributed by atoms with Crippen LogP contribution in [0.15, 0.2) is 12.7 Å². The number of ether oxygens (including phenoxy) is 2. The summed E-state index contributed by atoms with van der Waals surface area (Å²) in [6, 6.07) is 0. The summed E-state index contributed by atoms with van der Waals surface area (Å²) in [5.74, 6) is 2.53. The van der Waals surface area contributed by atoms with Gasteiger partial charge in [0.1, 0.15) is 0 Å². The Morgan fingerprint density at radius 3 is 1.86 bits per heavy atom. The number of amides is 2. The number of terminal acetylenes is 1. The molecule has 0 bridgehead atoms. The molecule has 0 aliphatic carbocycles. The zero-order valence-electron chi connectivity index (χ0n) is 13.0. The van der Waals surface area contributed by atoms with Crippen molar-refractivity contribution in [2.45, 2.75) is 12.8 Å². The molecule has 6 heteroatoms. The largest absolute Gasteiger partial charge is 0.378 e. The van der Waals surface area contributed by atoms with Crippen LogP contribution in [0, 0.1) is 12.3 Å². The van der Waals surface area contributed by atoms with Crippen LogP contribution >= 0.6 is 0 Å². The normalized spacial score (nSPS) is 17.8. The van der Waals surface area contributed by atoms with E-state index in [0.717, 1.165) is 13.1 Å². The predicted octanol–water partition coefficient (Wildman–Crippen LogP) is 0.290. The summed E-state index contributed by atoms with van der Waals surface area (Å²) in [5.41, 5.74) is 0. The van der Waals surface area contributed by atoms with Gasteiger partial charge in [0.2, 0.25) is 11.8 Å². The van der Waals surface area contributed by atoms with Crippen LogP contribution in [0.5, 0.6) is 0 Å². The monoisotopic (exact) mass is 308 g/mol. The van der Waals surface area contributed by atoms with Gasteiger partial charge >= 0.3 is 0 Å². The van der Waals surface area contributed by atoms with Crippen molar-refractivity contribution in [1.29, 1.82) is 0 Å². The van der Waals surface area contributed by atoms with Crippen molar-refractivity contribution in [2.75, 3.05) is 52.6 Å². The van der Waals surface area contributed by atoms with Gasteiger partial charge in [0.15, 0.2) is 0 Å². The van der Waals surface area contributed by atoms with Crippen LogP contribution in [0.25, 0.3) is 0 Å². The summed E-state index contributed by atoms with van der Waals surface area (Å²) in [6.07, 6.45) is 7.30. The Bertz CT molecular complexity index is 405. The Morgan fingerprint density at radius 1 is 1.00 bits per heavy atom. The molecule has 2 saturated heterocycles. The first-order valence-corrected chi connectivity index (χ1v) is 7.44. The molecule has 0 N–H and O–H groups in total. The number of nitrogens with zero attached hydrogens (tertiary/aromatic N) is 2. The maximum Gasteiger partial charge on any atom is 0.234 e. The number of hydrogen-bond donors (Lipinski definition) is 0. The van der Waals surface area contributed by atoms with E-state index in [1.807, 2.05) is 4.90 Å². The Morgan fingerprint density at radius 2 is 1.45 bits per heavy atom. The molecule has 0 atom stereocenters. The van der Waals surface area contributed by atoms with Gasteiger partial charge in [-0.1, -0.05) is 12.0 Å². The molecule has 2 heterocycles. The van der Waals surface area contributed by atoms with Crippen molar-refractivity contribution < 1.29 is 19.1 Å². The highest BCUT2D eigenvalue weighted by Crippen LogP contribution is 2.00. The lowest BCUT2D eigenvalue weighted by Crippen LogP contribution is -2.40. The van der Waals surface area contributed by atoms with Crippen molar-refractivity contribution in [3.05, 3.63) is 12.7 Å². The van der Waals surface area contributed by atoms with E-state index in [2.05, 4.69) is 12.5 Å². The number of hydrogen-bond acceptors (Lipinski definition) is 4. The van der Waals surface area contributed by atoms with Crippen molar-refractivity contribution >= 4 is 11.8 Å². The van der Waals surface area contributed by atoms with Crippen LogP contribution in [-0.2, 0) is 19.1 Å². The SMILES string of the molecule is C#CCC(=O)N1CCOCC1.C=CCC(=O)N1CCOCC1. The standard InChI is InChI=1S/C8H13NO2.C8H11NO2/c2*1-2-3-8(10)9-4-6-11-7-5-9/h2H,1,3-7H2;1H,3-7H2. The quantitative estimate of drug-likeness (QED) is 0.555. The topological polar surface area (TPSA) is 59.1 Å². The van der Waals surface area contributed by atoms with Gasteiger partial charge in [-0.3, -0.25) is 9.59 Å². The van der Waals surface area contributed by atoms with Gasteiger partial charge < -0.3 is 19.3 Å². The molecule has 2 fully saturated rings. The smallest absolute Gasteiger partial charge is 0.234 e. The van der Waals surface area contributed by atoms with Gasteiger partial charge in [-0.05, 0) is 0 Å². The maximum absolute atomic E-state index is 11.2. The fraction of sp³-hybridized carbons (Fsp3) is 0.625. The Kier molecular flexibility index (Phi) is 8.96. The average molecular weight is 308 g/mol. The maximum atomic E-state index is 11.2. The lowest BCUT2D eigenvalue weighted by molar-refractivity contribution is -0.134. The molecular formula is C16H24N2O4. The Balaban J connectivity index is 0.000000220. The van der Waals surface area contributed by atoms with E-state index in [1.165, 1.54) is 0 Å². The highest BCUT2D eigenvalue weighted by molar-refractivity contribution is 5.78. The number of carbonyl (C=O) groups is 2. The minimum absolute atomic E-state index is 0.0378. The second-order valence-corrected chi connectivity index (χ2v) is 4.86. The van der Waals surface area contributed by atoms with Crippen molar-refractivity contribution in [3.8, 4) is 12.3 Å². The zero-order valence-corrected chi connectivity index (χ0v) is 13.0. The van der Waals surface area contributed by atoms with E-state index in [0.29, 0.717) is 45.9 Å². The highest BCUT2D eigenvalue weighted by atomic mass is 16.5. The van der Waals surface area contributed by atoms with Crippen molar-refractivity contribution in [1.82, 2.24) is 9.80 Å². The van der Waals surface area contributed by atoms with E-state index in [4.69, 9.17) is 15.9 Å². The number of morpholine rings is 2. The predicted molar refractivity (Wildman–Crippen MR) is 83.1 cm³/mol. The Hall–Kier alpha value is -1.84. The van der Waals surface area contributed by atoms with Crippen LogP contribution in [0.4, 0.5) is 0 Å². The second-order valence-electron chi connectivity index (χ2n) is 4.86. The average Bonchev–Trinajstić information content (AvgIpc) is 2.57. The summed E-state index contributed by atoms with van der Waals surface area (Å²) >= 11 is 0. The van der Waals surface area contributed by atoms with Crippen LogP contribution in [-0.4, -0.2) is 74.2 Å². The molecule has 0 aromatic rings. The van der Waals surface area contributed by atoms with E-state index in [1.54, 1.807) is 11.0 Å². The fourth-order valence-electron chi connectivity index (χ4n) is 2.08. The lowest BCUT2D eigenvalue weighted by atomic mass is 10.3. The molecule has 6 nitrogen and oxygen atoms in total. The van der Waals surface area contributed by atoms with Crippen LogP contribution < -0.4 is 0 Å². The van der Waals surface area contributed by atoms with Gasteiger partial charge in [0.05, 0.1) is 32.8 Å². The summed E-state index contributed by atoms with van der Waals surface area (Å²) in [5, 5.41) is 0. The molecule has 2 rings (SSSR count). The third kappa shape index (κ3) is 6.74. The van der Waals surface area contributed by atoms with Crippen molar-refractivity contribution in [2.24, 2.45) is 0 Å². The molecule has 0 aromatic heterocycles. The molecule has 0 radical (unpaired) electrons. The summed E-state index contributed by atoms with van der Waals surface area (Å²) in [6.45, 7) is 8.95. The first-order chi connectivity index (χ1) is 10.7. The zero-order chi connectivity index (χ0) is 16.2. The minimum Gasteiger partial charge on any atom is -0.378 e. The molecule has 0 unspecified atom stereocenters. The molecular weight excluding hydrogens is 284 g/mol. The summed E-state index contributed by atoms with van der Waals surface area (Å²) in [7, 11) is 0. The first-order valence-electron chi connectivity index (χ1n) is 7.44. The summed E-state index contributed by atoms with van der Waals surface area (Å²) < 4.78 is 10.2. The van der Waals surface area contributed by atoms with E-state index >= 15 is 0 Å². The number of rotatable bonds is 3. The molecule has 0 saturated carbocycles. The van der Waals surface area contributed by atoms with Gasteiger partial charge in [0, 0.05) is 32.6 Å². The fourth-order valence-corrected chi connectivity index (χ4v) is 2.08. The van der Waals surface area contributed by atoms with E-state index in [9.17, 15) is 9.59 Å². The van der Waals surface area contributed by atoms with Crippen LogP contribution in [0.1, 0.15) is 12.8 Å². The molecule has 0 spiro atoms. The first kappa shape index (κ1) is 18.2. The highest BCUT2D eigenvalue weighted by Gasteiger charge is 2.15. The second kappa shape index (κ2) is 10.8. The Labute approximate surface area is 132 Å². The third-order valence-electron chi connectivity index (χ3n) is 3.30. The van der Waals surface area contributed by atoms with Gasteiger partial charge in [-0.2, -0.15) is 0 Å². The van der Waals surface area contributed by atoms with Gasteiger partial charge in [-0.15, -0.1) is 13.0 Å². The number of carbonyl (C=O) groups excluding carboxylic acids is 2. The van der Waals surface area contributed by atoms with Crippen molar-refractivity contribution in [3.63, 3.8) is 0 Å². The van der Waals surface area contributed by atoms with Crippen LogP contribution in [0.3, 0.4) is 0 Å². The van der Waals surface area contributed by atoms with E-state index in [-0.39, 0.29) is 18.2 Å². The molecule has 2 aliphatic heterocycles. The molecule has 122 valence electrons. The molecule has 22 heavy (non-hydrogen) atoms. The minimum atomic E-state index is 0.0378.